The monoisotopic (exact) mass is 392 g/mol. The van der Waals surface area contributed by atoms with Gasteiger partial charge in [-0.15, -0.1) is 0 Å². The molecular weight excluding hydrogens is 372 g/mol. The van der Waals surface area contributed by atoms with Crippen molar-refractivity contribution >= 4 is 33.2 Å². The number of nitrogens with one attached hydrogen (secondary N) is 2. The van der Waals surface area contributed by atoms with E-state index in [1.807, 2.05) is 43.3 Å². The number of hydrogen-bond acceptors (Lipinski definition) is 4. The number of benzene rings is 2. The Morgan fingerprint density at radius 2 is 1.75 bits per heavy atom. The smallest absolute Gasteiger partial charge is 0.226 e. The molecule has 1 amide bonds. The summed E-state index contributed by atoms with van der Waals surface area (Å²) in [5.41, 5.74) is 2.75. The summed E-state index contributed by atoms with van der Waals surface area (Å²) < 4.78 is 11.5. The zero-order chi connectivity index (χ0) is 17.5. The summed E-state index contributed by atoms with van der Waals surface area (Å²) in [4.78, 5) is 12.0. The van der Waals surface area contributed by atoms with Crippen molar-refractivity contribution in [3.05, 3.63) is 46.4 Å². The lowest BCUT2D eigenvalue weighted by Gasteiger charge is -2.11. The minimum absolute atomic E-state index is 0.0373. The van der Waals surface area contributed by atoms with Gasteiger partial charge >= 0.3 is 0 Å². The lowest BCUT2D eigenvalue weighted by Crippen LogP contribution is -2.16. The van der Waals surface area contributed by atoms with E-state index in [-0.39, 0.29) is 5.91 Å². The van der Waals surface area contributed by atoms with Crippen molar-refractivity contribution in [1.82, 2.24) is 0 Å². The summed E-state index contributed by atoms with van der Waals surface area (Å²) in [6.45, 7) is 2.51. The molecule has 0 heterocycles. The molecule has 0 aromatic heterocycles. The molecule has 2 aromatic carbocycles. The number of rotatable bonds is 7. The first-order valence-electron chi connectivity index (χ1n) is 7.55. The molecule has 0 spiro atoms. The van der Waals surface area contributed by atoms with Gasteiger partial charge in [-0.05, 0) is 42.8 Å². The standard InChI is InChI=1S/C18H21BrN2O3/c1-12-10-14(4-6-15(12)19)21-18(22)8-9-20-13-5-7-16(23-2)17(11-13)24-3/h4-7,10-11,20H,8-9H2,1-3H3,(H,21,22). The molecule has 0 saturated carbocycles. The molecule has 0 fully saturated rings. The first kappa shape index (κ1) is 18.1. The van der Waals surface area contributed by atoms with Gasteiger partial charge in [0.15, 0.2) is 11.5 Å². The Balaban J connectivity index is 1.85. The van der Waals surface area contributed by atoms with Gasteiger partial charge in [-0.1, -0.05) is 15.9 Å². The van der Waals surface area contributed by atoms with Gasteiger partial charge in [0.25, 0.3) is 0 Å². The third-order valence-electron chi connectivity index (χ3n) is 3.51. The van der Waals surface area contributed by atoms with Crippen LogP contribution in [0.3, 0.4) is 0 Å². The number of amides is 1. The zero-order valence-electron chi connectivity index (χ0n) is 14.0. The molecular formula is C18H21BrN2O3. The van der Waals surface area contributed by atoms with Crippen LogP contribution >= 0.6 is 15.9 Å². The summed E-state index contributed by atoms with van der Waals surface area (Å²) in [6.07, 6.45) is 0.365. The molecule has 0 bridgehead atoms. The van der Waals surface area contributed by atoms with Crippen LogP contribution in [0.5, 0.6) is 11.5 Å². The van der Waals surface area contributed by atoms with E-state index in [1.165, 1.54) is 0 Å². The van der Waals surface area contributed by atoms with Crippen LogP contribution in [0.1, 0.15) is 12.0 Å². The second-order valence-electron chi connectivity index (χ2n) is 5.26. The van der Waals surface area contributed by atoms with Crippen LogP contribution in [-0.2, 0) is 4.79 Å². The molecule has 0 atom stereocenters. The van der Waals surface area contributed by atoms with Crippen LogP contribution < -0.4 is 20.1 Å². The summed E-state index contributed by atoms with van der Waals surface area (Å²) in [6, 6.07) is 11.3. The summed E-state index contributed by atoms with van der Waals surface area (Å²) in [5, 5.41) is 6.10. The van der Waals surface area contributed by atoms with E-state index in [0.717, 1.165) is 21.4 Å². The highest BCUT2D eigenvalue weighted by Crippen LogP contribution is 2.29. The van der Waals surface area contributed by atoms with Crippen LogP contribution in [0.4, 0.5) is 11.4 Å². The van der Waals surface area contributed by atoms with Crippen LogP contribution in [0.2, 0.25) is 0 Å². The number of methoxy groups -OCH3 is 2. The largest absolute Gasteiger partial charge is 0.493 e. The van der Waals surface area contributed by atoms with Gasteiger partial charge in [-0.25, -0.2) is 0 Å². The van der Waals surface area contributed by atoms with Crippen molar-refractivity contribution in [3.63, 3.8) is 0 Å². The van der Waals surface area contributed by atoms with Crippen LogP contribution in [0.25, 0.3) is 0 Å². The van der Waals surface area contributed by atoms with Crippen molar-refractivity contribution in [1.29, 1.82) is 0 Å². The van der Waals surface area contributed by atoms with E-state index >= 15 is 0 Å². The zero-order valence-corrected chi connectivity index (χ0v) is 15.6. The second kappa shape index (κ2) is 8.59. The van der Waals surface area contributed by atoms with Crippen molar-refractivity contribution in [2.45, 2.75) is 13.3 Å². The highest BCUT2D eigenvalue weighted by molar-refractivity contribution is 9.10. The molecule has 2 aromatic rings. The number of carbonyl (C=O) groups excluding carboxylic acids is 1. The first-order chi connectivity index (χ1) is 11.5. The summed E-state index contributed by atoms with van der Waals surface area (Å²) in [5.74, 6) is 1.29. The predicted molar refractivity (Wildman–Crippen MR) is 100 cm³/mol. The second-order valence-corrected chi connectivity index (χ2v) is 6.11. The highest BCUT2D eigenvalue weighted by atomic mass is 79.9. The molecule has 0 radical (unpaired) electrons. The van der Waals surface area contributed by atoms with Crippen molar-refractivity contribution < 1.29 is 14.3 Å². The van der Waals surface area contributed by atoms with Crippen molar-refractivity contribution in [2.24, 2.45) is 0 Å². The fourth-order valence-electron chi connectivity index (χ4n) is 2.21. The maximum absolute atomic E-state index is 12.0. The quantitative estimate of drug-likeness (QED) is 0.740. The lowest BCUT2D eigenvalue weighted by molar-refractivity contribution is -0.115. The fourth-order valence-corrected chi connectivity index (χ4v) is 2.46. The summed E-state index contributed by atoms with van der Waals surface area (Å²) in [7, 11) is 3.19. The highest BCUT2D eigenvalue weighted by Gasteiger charge is 2.06. The SMILES string of the molecule is COc1ccc(NCCC(=O)Nc2ccc(Br)c(C)c2)cc1OC. The molecule has 128 valence electrons. The van der Waals surface area contributed by atoms with Gasteiger partial charge in [0.05, 0.1) is 14.2 Å². The van der Waals surface area contributed by atoms with E-state index < -0.39 is 0 Å². The Morgan fingerprint density at radius 3 is 2.42 bits per heavy atom. The summed E-state index contributed by atoms with van der Waals surface area (Å²) >= 11 is 3.44. The van der Waals surface area contributed by atoms with Gasteiger partial charge < -0.3 is 20.1 Å². The van der Waals surface area contributed by atoms with Gasteiger partial charge in [0.1, 0.15) is 0 Å². The third kappa shape index (κ3) is 4.89. The Labute approximate surface area is 150 Å². The van der Waals surface area contributed by atoms with Crippen LogP contribution in [-0.4, -0.2) is 26.7 Å². The van der Waals surface area contributed by atoms with Crippen molar-refractivity contribution in [2.75, 3.05) is 31.4 Å². The van der Waals surface area contributed by atoms with Gasteiger partial charge in [0, 0.05) is 34.9 Å². The van der Waals surface area contributed by atoms with Crippen molar-refractivity contribution in [3.8, 4) is 11.5 Å². The van der Waals surface area contributed by atoms with Crippen LogP contribution in [0.15, 0.2) is 40.9 Å². The number of anilines is 2. The number of ether oxygens (including phenoxy) is 2. The molecule has 0 aliphatic rings. The first-order valence-corrected chi connectivity index (χ1v) is 8.34. The van der Waals surface area contributed by atoms with Crippen LogP contribution in [0, 0.1) is 6.92 Å². The molecule has 5 nitrogen and oxygen atoms in total. The number of aryl methyl sites for hydroxylation is 1. The Hall–Kier alpha value is -2.21. The molecule has 24 heavy (non-hydrogen) atoms. The number of hydrogen-bond donors (Lipinski definition) is 2. The molecule has 0 saturated heterocycles. The van der Waals surface area contributed by atoms with E-state index in [9.17, 15) is 4.79 Å². The van der Waals surface area contributed by atoms with E-state index in [4.69, 9.17) is 9.47 Å². The maximum Gasteiger partial charge on any atom is 0.226 e. The van der Waals surface area contributed by atoms with E-state index in [0.29, 0.717) is 24.5 Å². The predicted octanol–water partition coefficient (Wildman–Crippen LogP) is 4.22. The molecule has 2 rings (SSSR count). The molecule has 0 aliphatic heterocycles. The Morgan fingerprint density at radius 1 is 1.04 bits per heavy atom. The van der Waals surface area contributed by atoms with E-state index in [1.54, 1.807) is 14.2 Å². The third-order valence-corrected chi connectivity index (χ3v) is 4.40. The fraction of sp³-hybridized carbons (Fsp3) is 0.278. The average molecular weight is 393 g/mol. The average Bonchev–Trinajstić information content (AvgIpc) is 2.58. The molecule has 0 unspecified atom stereocenters. The van der Waals surface area contributed by atoms with Gasteiger partial charge in [0.2, 0.25) is 5.91 Å². The van der Waals surface area contributed by atoms with Gasteiger partial charge in [-0.2, -0.15) is 0 Å². The topological polar surface area (TPSA) is 59.6 Å². The normalized spacial score (nSPS) is 10.2. The van der Waals surface area contributed by atoms with E-state index in [2.05, 4.69) is 26.6 Å². The Bertz CT molecular complexity index is 719. The Kier molecular flexibility index (Phi) is 6.49. The van der Waals surface area contributed by atoms with Gasteiger partial charge in [-0.3, -0.25) is 4.79 Å². The molecule has 0 aliphatic carbocycles. The molecule has 2 N–H and O–H groups in total. The number of carbonyl (C=O) groups is 1. The minimum Gasteiger partial charge on any atom is -0.493 e. The minimum atomic E-state index is -0.0373. The maximum atomic E-state index is 12.0. The number of halogens is 1. The molecule has 6 heteroatoms. The lowest BCUT2D eigenvalue weighted by atomic mass is 10.2.